The summed E-state index contributed by atoms with van der Waals surface area (Å²) in [6, 6.07) is 5.69. The summed E-state index contributed by atoms with van der Waals surface area (Å²) in [5, 5.41) is 9.57. The van der Waals surface area contributed by atoms with E-state index in [1.807, 2.05) is 38.2 Å². The highest BCUT2D eigenvalue weighted by Gasteiger charge is 2.65. The van der Waals surface area contributed by atoms with E-state index >= 15 is 0 Å². The number of likely N-dealkylation sites (N-methyl/N-ethyl adjacent to an activating group) is 1. The number of hydrogen-bond donors (Lipinski definition) is 2. The van der Waals surface area contributed by atoms with Crippen LogP contribution in [0, 0.1) is 5.92 Å². The molecular formula is C21H30N2O5Si. The Balaban J connectivity index is 1.84. The van der Waals surface area contributed by atoms with Crippen molar-refractivity contribution < 1.29 is 24.2 Å². The number of carbonyl (C=O) groups is 2. The Labute approximate surface area is 172 Å². The molecule has 29 heavy (non-hydrogen) atoms. The van der Waals surface area contributed by atoms with Gasteiger partial charge in [-0.3, -0.25) is 9.59 Å². The van der Waals surface area contributed by atoms with Crippen LogP contribution in [0.1, 0.15) is 31.7 Å². The Hall–Kier alpha value is -1.74. The highest BCUT2D eigenvalue weighted by atomic mass is 28.4. The topological polar surface area (TPSA) is 90.3 Å². The molecule has 0 saturated carbocycles. The van der Waals surface area contributed by atoms with E-state index in [4.69, 9.17) is 4.74 Å². The summed E-state index contributed by atoms with van der Waals surface area (Å²) in [7, 11) is -0.937. The van der Waals surface area contributed by atoms with Crippen LogP contribution in [0.4, 0.5) is 11.4 Å². The van der Waals surface area contributed by atoms with Gasteiger partial charge in [-0.2, -0.15) is 0 Å². The van der Waals surface area contributed by atoms with Gasteiger partial charge in [0.2, 0.25) is 5.91 Å². The lowest BCUT2D eigenvalue weighted by Crippen LogP contribution is -2.45. The summed E-state index contributed by atoms with van der Waals surface area (Å²) in [6.45, 7) is 6.32. The third kappa shape index (κ3) is 2.88. The molecular weight excluding hydrogens is 388 g/mol. The van der Waals surface area contributed by atoms with Gasteiger partial charge in [-0.15, -0.1) is 0 Å². The predicted molar refractivity (Wildman–Crippen MR) is 112 cm³/mol. The lowest BCUT2D eigenvalue weighted by atomic mass is 9.82. The smallest absolute Gasteiger partial charge is 0.264 e. The van der Waals surface area contributed by atoms with Crippen LogP contribution in [-0.4, -0.2) is 56.3 Å². The molecule has 3 aliphatic heterocycles. The lowest BCUT2D eigenvalue weighted by Gasteiger charge is -2.32. The molecule has 3 heterocycles. The fourth-order valence-corrected chi connectivity index (χ4v) is 8.26. The molecule has 158 valence electrons. The number of benzene rings is 1. The molecule has 4 rings (SSSR count). The van der Waals surface area contributed by atoms with Gasteiger partial charge in [0.25, 0.3) is 5.91 Å². The van der Waals surface area contributed by atoms with E-state index < -0.39 is 13.9 Å². The van der Waals surface area contributed by atoms with Gasteiger partial charge in [0.05, 0.1) is 11.8 Å². The Morgan fingerprint density at radius 3 is 2.62 bits per heavy atom. The molecule has 0 aromatic heterocycles. The van der Waals surface area contributed by atoms with Gasteiger partial charge in [0, 0.05) is 49.3 Å². The van der Waals surface area contributed by atoms with E-state index in [0.29, 0.717) is 19.4 Å². The number of aliphatic hydroxyl groups excluding tert-OH is 1. The van der Waals surface area contributed by atoms with Gasteiger partial charge in [0.15, 0.2) is 13.9 Å². The van der Waals surface area contributed by atoms with Crippen molar-refractivity contribution in [1.82, 2.24) is 0 Å². The third-order valence-electron chi connectivity index (χ3n) is 6.90. The van der Waals surface area contributed by atoms with Gasteiger partial charge in [-0.05, 0) is 44.1 Å². The SMILES string of the molecule is C[C@H]1[C@H]([Si](C)(C)O)[C@@H](CCO)O[C@]12C(=O)N(C)c1ccc(N3CCCC3=O)cc12. The molecule has 1 aromatic carbocycles. The van der Waals surface area contributed by atoms with Crippen LogP contribution in [0.5, 0.6) is 0 Å². The molecule has 2 saturated heterocycles. The number of aliphatic hydroxyl groups is 1. The highest BCUT2D eigenvalue weighted by Crippen LogP contribution is 2.59. The van der Waals surface area contributed by atoms with E-state index in [2.05, 4.69) is 0 Å². The summed E-state index contributed by atoms with van der Waals surface area (Å²) in [4.78, 5) is 40.1. The Bertz CT molecular complexity index is 854. The van der Waals surface area contributed by atoms with Crippen molar-refractivity contribution >= 4 is 31.5 Å². The van der Waals surface area contributed by atoms with Crippen molar-refractivity contribution in [3.05, 3.63) is 23.8 Å². The monoisotopic (exact) mass is 418 g/mol. The average Bonchev–Trinajstić information content (AvgIpc) is 3.26. The van der Waals surface area contributed by atoms with Crippen molar-refractivity contribution in [2.75, 3.05) is 30.0 Å². The van der Waals surface area contributed by atoms with E-state index in [1.54, 1.807) is 16.8 Å². The van der Waals surface area contributed by atoms with Crippen LogP contribution in [0.15, 0.2) is 18.2 Å². The zero-order chi connectivity index (χ0) is 21.1. The first kappa shape index (κ1) is 20.5. The molecule has 8 heteroatoms. The van der Waals surface area contributed by atoms with Crippen molar-refractivity contribution in [2.45, 2.75) is 56.5 Å². The van der Waals surface area contributed by atoms with E-state index in [1.165, 1.54) is 0 Å². The first-order valence-corrected chi connectivity index (χ1v) is 13.4. The maximum atomic E-state index is 13.5. The number of ether oxygens (including phenoxy) is 1. The van der Waals surface area contributed by atoms with Crippen LogP contribution in [0.2, 0.25) is 18.6 Å². The zero-order valence-electron chi connectivity index (χ0n) is 17.5. The molecule has 4 atom stereocenters. The Morgan fingerprint density at radius 1 is 1.31 bits per heavy atom. The first-order chi connectivity index (χ1) is 13.6. The maximum absolute atomic E-state index is 13.5. The normalized spacial score (nSPS) is 32.0. The lowest BCUT2D eigenvalue weighted by molar-refractivity contribution is -0.146. The Morgan fingerprint density at radius 2 is 2.03 bits per heavy atom. The molecule has 0 bridgehead atoms. The molecule has 2 fully saturated rings. The summed E-state index contributed by atoms with van der Waals surface area (Å²) < 4.78 is 6.48. The third-order valence-corrected chi connectivity index (χ3v) is 9.40. The summed E-state index contributed by atoms with van der Waals surface area (Å²) in [5.74, 6) is -0.294. The Kier molecular flexibility index (Phi) is 4.89. The number of amides is 2. The number of nitrogens with zero attached hydrogens (tertiary/aromatic N) is 2. The molecule has 0 aliphatic carbocycles. The van der Waals surface area contributed by atoms with Gasteiger partial charge in [-0.25, -0.2) is 0 Å². The number of anilines is 2. The maximum Gasteiger partial charge on any atom is 0.264 e. The molecule has 2 amide bonds. The number of carbonyl (C=O) groups excluding carboxylic acids is 2. The molecule has 2 N–H and O–H groups in total. The van der Waals surface area contributed by atoms with Crippen LogP contribution >= 0.6 is 0 Å². The number of fused-ring (bicyclic) bond motifs is 2. The van der Waals surface area contributed by atoms with Crippen molar-refractivity contribution in [2.24, 2.45) is 5.92 Å². The highest BCUT2D eigenvalue weighted by molar-refractivity contribution is 6.71. The molecule has 0 unspecified atom stereocenters. The van der Waals surface area contributed by atoms with Gasteiger partial charge >= 0.3 is 0 Å². The summed E-state index contributed by atoms with van der Waals surface area (Å²) in [5.41, 5.74) is 0.944. The second-order valence-corrected chi connectivity index (χ2v) is 13.1. The zero-order valence-corrected chi connectivity index (χ0v) is 18.5. The molecule has 1 spiro atoms. The summed E-state index contributed by atoms with van der Waals surface area (Å²) in [6.07, 6.45) is 1.36. The van der Waals surface area contributed by atoms with Crippen LogP contribution in [0.3, 0.4) is 0 Å². The van der Waals surface area contributed by atoms with Crippen molar-refractivity contribution in [1.29, 1.82) is 0 Å². The van der Waals surface area contributed by atoms with Crippen LogP contribution in [-0.2, 0) is 19.9 Å². The first-order valence-electron chi connectivity index (χ1n) is 10.4. The van der Waals surface area contributed by atoms with E-state index in [9.17, 15) is 19.5 Å². The average molecular weight is 419 g/mol. The van der Waals surface area contributed by atoms with Crippen LogP contribution in [0.25, 0.3) is 0 Å². The largest absolute Gasteiger partial charge is 0.432 e. The van der Waals surface area contributed by atoms with E-state index in [-0.39, 0.29) is 36.0 Å². The molecule has 7 nitrogen and oxygen atoms in total. The minimum Gasteiger partial charge on any atom is -0.432 e. The quantitative estimate of drug-likeness (QED) is 0.730. The second-order valence-electron chi connectivity index (χ2n) is 9.09. The van der Waals surface area contributed by atoms with Gasteiger partial charge in [-0.1, -0.05) is 6.92 Å². The molecule has 3 aliphatic rings. The fraction of sp³-hybridized carbons (Fsp3) is 0.619. The van der Waals surface area contributed by atoms with Crippen LogP contribution < -0.4 is 9.80 Å². The minimum atomic E-state index is -2.68. The van der Waals surface area contributed by atoms with Gasteiger partial charge < -0.3 is 24.4 Å². The molecule has 1 aromatic rings. The number of rotatable bonds is 4. The second kappa shape index (κ2) is 6.90. The standard InChI is InChI=1S/C21H30N2O5Si/c1-13-19(29(3,4)27)17(9-11-24)28-21(13)15-12-14(23-10-5-6-18(23)25)7-8-16(15)22(2)20(21)26/h7-8,12-13,17,19,24,27H,5-6,9-11H2,1-4H3/t13-,17+,19-,21+/m0/s1. The van der Waals surface area contributed by atoms with Crippen molar-refractivity contribution in [3.63, 3.8) is 0 Å². The van der Waals surface area contributed by atoms with Gasteiger partial charge in [0.1, 0.15) is 0 Å². The minimum absolute atomic E-state index is 0.0619. The fourth-order valence-electron chi connectivity index (χ4n) is 5.66. The summed E-state index contributed by atoms with van der Waals surface area (Å²) >= 11 is 0. The number of hydrogen-bond acceptors (Lipinski definition) is 5. The van der Waals surface area contributed by atoms with Crippen molar-refractivity contribution in [3.8, 4) is 0 Å². The van der Waals surface area contributed by atoms with E-state index in [0.717, 1.165) is 23.4 Å². The molecule has 0 radical (unpaired) electrons. The predicted octanol–water partition coefficient (Wildman–Crippen LogP) is 1.97.